The van der Waals surface area contributed by atoms with Crippen molar-refractivity contribution in [3.05, 3.63) is 65.5 Å². The van der Waals surface area contributed by atoms with Crippen LogP contribution in [0.2, 0.25) is 0 Å². The van der Waals surface area contributed by atoms with Gasteiger partial charge in [0.15, 0.2) is 0 Å². The second-order valence-electron chi connectivity index (χ2n) is 5.80. The average molecular weight is 291 g/mol. The lowest BCUT2D eigenvalue weighted by Gasteiger charge is -2.21. The molecule has 2 aliphatic rings. The molecule has 0 aliphatic carbocycles. The number of anilines is 2. The molecule has 1 amide bonds. The first kappa shape index (κ1) is 13.1. The lowest BCUT2D eigenvalue weighted by Crippen LogP contribution is -2.29. The first-order valence-corrected chi connectivity index (χ1v) is 7.56. The molecule has 2 aromatic rings. The molecule has 0 saturated carbocycles. The van der Waals surface area contributed by atoms with Gasteiger partial charge < -0.3 is 10.2 Å². The number of nitrogens with zero attached hydrogens (tertiary/aromatic N) is 2. The van der Waals surface area contributed by atoms with Gasteiger partial charge in [-0.2, -0.15) is 0 Å². The van der Waals surface area contributed by atoms with E-state index in [4.69, 9.17) is 0 Å². The summed E-state index contributed by atoms with van der Waals surface area (Å²) < 4.78 is 0. The van der Waals surface area contributed by atoms with Gasteiger partial charge in [0.2, 0.25) is 0 Å². The van der Waals surface area contributed by atoms with Gasteiger partial charge >= 0.3 is 0 Å². The Labute approximate surface area is 129 Å². The molecule has 0 atom stereocenters. The summed E-state index contributed by atoms with van der Waals surface area (Å²) in [7, 11) is 0. The van der Waals surface area contributed by atoms with Gasteiger partial charge in [0, 0.05) is 24.1 Å². The maximum Gasteiger partial charge on any atom is 0.259 e. The molecule has 4 heteroatoms. The quantitative estimate of drug-likeness (QED) is 0.878. The third-order valence-electron chi connectivity index (χ3n) is 4.34. The second kappa shape index (κ2) is 4.98. The van der Waals surface area contributed by atoms with E-state index in [0.717, 1.165) is 48.6 Å². The number of nitrogens with one attached hydrogen (secondary N) is 1. The monoisotopic (exact) mass is 291 g/mol. The van der Waals surface area contributed by atoms with E-state index in [9.17, 15) is 4.79 Å². The molecular weight excluding hydrogens is 274 g/mol. The van der Waals surface area contributed by atoms with Gasteiger partial charge in [0.1, 0.15) is 5.82 Å². The average Bonchev–Trinajstić information content (AvgIpc) is 2.97. The summed E-state index contributed by atoms with van der Waals surface area (Å²) in [6.45, 7) is 4.67. The van der Waals surface area contributed by atoms with Crippen molar-refractivity contribution in [2.45, 2.75) is 19.3 Å². The minimum Gasteiger partial charge on any atom is -0.344 e. The highest BCUT2D eigenvalue weighted by molar-refractivity contribution is 6.07. The number of allylic oxidation sites excluding steroid dienone is 1. The van der Waals surface area contributed by atoms with E-state index in [1.807, 2.05) is 29.2 Å². The van der Waals surface area contributed by atoms with Gasteiger partial charge in [0.05, 0.1) is 5.56 Å². The van der Waals surface area contributed by atoms with Crippen molar-refractivity contribution in [1.82, 2.24) is 4.98 Å². The summed E-state index contributed by atoms with van der Waals surface area (Å²) in [5.41, 5.74) is 4.99. The summed E-state index contributed by atoms with van der Waals surface area (Å²) in [4.78, 5) is 19.1. The normalized spacial score (nSPS) is 16.0. The first-order valence-electron chi connectivity index (χ1n) is 7.56. The molecule has 1 N–H and O–H groups in total. The Kier molecular flexibility index (Phi) is 2.96. The number of rotatable bonds is 1. The second-order valence-corrected chi connectivity index (χ2v) is 5.80. The van der Waals surface area contributed by atoms with Crippen LogP contribution in [-0.4, -0.2) is 17.4 Å². The van der Waals surface area contributed by atoms with Gasteiger partial charge in [0.25, 0.3) is 5.91 Å². The zero-order valence-corrected chi connectivity index (χ0v) is 12.3. The number of amides is 1. The van der Waals surface area contributed by atoms with Crippen LogP contribution in [-0.2, 0) is 12.8 Å². The molecule has 0 fully saturated rings. The lowest BCUT2D eigenvalue weighted by atomic mass is 10.0. The van der Waals surface area contributed by atoms with Crippen molar-refractivity contribution in [1.29, 1.82) is 0 Å². The number of carbonyl (C=O) groups excluding carboxylic acids is 1. The van der Waals surface area contributed by atoms with Crippen molar-refractivity contribution in [3.63, 3.8) is 0 Å². The molecule has 22 heavy (non-hydrogen) atoms. The molecule has 0 unspecified atom stereocenters. The Balaban J connectivity index is 1.66. The third kappa shape index (κ3) is 2.08. The number of benzene rings is 1. The van der Waals surface area contributed by atoms with Gasteiger partial charge in [-0.15, -0.1) is 0 Å². The topological polar surface area (TPSA) is 45.2 Å². The summed E-state index contributed by atoms with van der Waals surface area (Å²) in [5.74, 6) is 0.860. The van der Waals surface area contributed by atoms with E-state index in [0.29, 0.717) is 5.56 Å². The van der Waals surface area contributed by atoms with Crippen LogP contribution < -0.4 is 10.2 Å². The van der Waals surface area contributed by atoms with E-state index in [-0.39, 0.29) is 5.91 Å². The van der Waals surface area contributed by atoms with Crippen molar-refractivity contribution < 1.29 is 4.79 Å². The highest BCUT2D eigenvalue weighted by Gasteiger charge is 2.26. The van der Waals surface area contributed by atoms with Crippen LogP contribution in [0.1, 0.15) is 27.9 Å². The number of aryl methyl sites for hydroxylation is 1. The van der Waals surface area contributed by atoms with Crippen LogP contribution in [0.4, 0.5) is 11.5 Å². The van der Waals surface area contributed by atoms with Gasteiger partial charge in [-0.1, -0.05) is 24.8 Å². The minimum absolute atomic E-state index is 0.0321. The zero-order valence-electron chi connectivity index (χ0n) is 12.3. The maximum absolute atomic E-state index is 12.8. The Morgan fingerprint density at radius 2 is 2.05 bits per heavy atom. The lowest BCUT2D eigenvalue weighted by molar-refractivity contribution is 0.0989. The van der Waals surface area contributed by atoms with Crippen LogP contribution in [0.25, 0.3) is 0 Å². The Bertz CT molecular complexity index is 782. The molecule has 4 nitrogen and oxygen atoms in total. The van der Waals surface area contributed by atoms with Crippen LogP contribution in [0.3, 0.4) is 0 Å². The Morgan fingerprint density at radius 1 is 1.18 bits per heavy atom. The molecule has 4 rings (SSSR count). The predicted octanol–water partition coefficient (Wildman–Crippen LogP) is 3.16. The smallest absolute Gasteiger partial charge is 0.259 e. The number of pyridine rings is 1. The molecule has 110 valence electrons. The molecule has 1 aromatic carbocycles. The number of hydrogen-bond donors (Lipinski definition) is 1. The van der Waals surface area contributed by atoms with Crippen molar-refractivity contribution in [2.75, 3.05) is 16.8 Å². The van der Waals surface area contributed by atoms with E-state index in [2.05, 4.69) is 22.9 Å². The van der Waals surface area contributed by atoms with E-state index >= 15 is 0 Å². The highest BCUT2D eigenvalue weighted by atomic mass is 16.2. The number of fused-ring (bicyclic) bond motifs is 2. The maximum atomic E-state index is 12.8. The van der Waals surface area contributed by atoms with E-state index in [1.165, 1.54) is 5.56 Å². The molecule has 3 heterocycles. The van der Waals surface area contributed by atoms with Crippen LogP contribution in [0.5, 0.6) is 0 Å². The Morgan fingerprint density at radius 3 is 2.95 bits per heavy atom. The van der Waals surface area contributed by atoms with Crippen molar-refractivity contribution in [3.8, 4) is 0 Å². The fourth-order valence-electron chi connectivity index (χ4n) is 3.15. The Hall–Kier alpha value is -2.62. The molecule has 0 spiro atoms. The SMILES string of the molecule is C=C1CCc2cc(C(=O)N3CCc4ccccc43)cnc2N1. The van der Waals surface area contributed by atoms with E-state index < -0.39 is 0 Å². The largest absolute Gasteiger partial charge is 0.344 e. The number of aromatic nitrogens is 1. The van der Waals surface area contributed by atoms with Crippen LogP contribution in [0.15, 0.2) is 48.8 Å². The molecule has 2 aliphatic heterocycles. The summed E-state index contributed by atoms with van der Waals surface area (Å²) in [5, 5.41) is 3.18. The fourth-order valence-corrected chi connectivity index (χ4v) is 3.15. The minimum atomic E-state index is 0.0321. The molecule has 0 saturated heterocycles. The number of hydrogen-bond acceptors (Lipinski definition) is 3. The van der Waals surface area contributed by atoms with Gasteiger partial charge in [-0.25, -0.2) is 4.98 Å². The summed E-state index contributed by atoms with van der Waals surface area (Å²) in [6, 6.07) is 10.1. The molecular formula is C18H17N3O. The first-order chi connectivity index (χ1) is 10.7. The van der Waals surface area contributed by atoms with Gasteiger partial charge in [-0.3, -0.25) is 4.79 Å². The molecule has 1 aromatic heterocycles. The highest BCUT2D eigenvalue weighted by Crippen LogP contribution is 2.30. The van der Waals surface area contributed by atoms with E-state index in [1.54, 1.807) is 6.20 Å². The zero-order chi connectivity index (χ0) is 15.1. The van der Waals surface area contributed by atoms with Crippen molar-refractivity contribution in [2.24, 2.45) is 0 Å². The third-order valence-corrected chi connectivity index (χ3v) is 4.34. The van der Waals surface area contributed by atoms with Crippen molar-refractivity contribution >= 4 is 17.4 Å². The molecule has 0 radical (unpaired) electrons. The van der Waals surface area contributed by atoms with Gasteiger partial charge in [-0.05, 0) is 42.5 Å². The van der Waals surface area contributed by atoms with Crippen LogP contribution in [0, 0.1) is 0 Å². The molecule has 0 bridgehead atoms. The predicted molar refractivity (Wildman–Crippen MR) is 87.1 cm³/mol. The van der Waals surface area contributed by atoms with Crippen LogP contribution >= 0.6 is 0 Å². The summed E-state index contributed by atoms with van der Waals surface area (Å²) in [6.07, 6.45) is 4.35. The fraction of sp³-hybridized carbons (Fsp3) is 0.222. The standard InChI is InChI=1S/C18H17N3O/c1-12-6-7-14-10-15(11-19-17(14)20-12)18(22)21-9-8-13-4-2-3-5-16(13)21/h2-5,10-11H,1,6-9H2,(H,19,20). The summed E-state index contributed by atoms with van der Waals surface area (Å²) >= 11 is 0. The number of para-hydroxylation sites is 1. The number of carbonyl (C=O) groups is 1.